The van der Waals surface area contributed by atoms with Crippen LogP contribution in [-0.4, -0.2) is 68.1 Å². The van der Waals surface area contributed by atoms with Crippen molar-refractivity contribution in [3.63, 3.8) is 0 Å². The molecule has 0 spiro atoms. The fourth-order valence-corrected chi connectivity index (χ4v) is 7.37. The Morgan fingerprint density at radius 1 is 0.444 bits per heavy atom. The van der Waals surface area contributed by atoms with Gasteiger partial charge in [-0.3, -0.25) is 0 Å². The lowest BCUT2D eigenvalue weighted by atomic mass is 9.75. The van der Waals surface area contributed by atoms with E-state index in [-0.39, 0.29) is 22.6 Å². The Hall–Kier alpha value is -4.77. The second kappa shape index (κ2) is 22.4. The monoisotopic (exact) mass is 1080 g/mol. The van der Waals surface area contributed by atoms with Crippen LogP contribution < -0.4 is 9.47 Å². The van der Waals surface area contributed by atoms with Gasteiger partial charge in [0.25, 0.3) is 16.8 Å². The highest BCUT2D eigenvalue weighted by molar-refractivity contribution is 5.38. The molecule has 0 aliphatic rings. The lowest BCUT2D eigenvalue weighted by Crippen LogP contribution is -2.66. The van der Waals surface area contributed by atoms with Crippen LogP contribution in [0.5, 0.6) is 11.5 Å². The van der Waals surface area contributed by atoms with Gasteiger partial charge in [0, 0.05) is 32.9 Å². The van der Waals surface area contributed by atoms with Crippen molar-refractivity contribution in [3.8, 4) is 17.6 Å². The molecule has 0 saturated carbocycles. The third-order valence-electron chi connectivity index (χ3n) is 10.8. The first kappa shape index (κ1) is 65.2. The third kappa shape index (κ3) is 13.7. The summed E-state index contributed by atoms with van der Waals surface area (Å²) in [4.78, 5) is 0. The van der Waals surface area contributed by atoms with E-state index in [2.05, 4.69) is 14.2 Å². The molecule has 3 rings (SSSR count). The van der Waals surface area contributed by atoms with E-state index >= 15 is 0 Å². The Kier molecular flexibility index (Phi) is 20.3. The zero-order valence-electron chi connectivity index (χ0n) is 40.4. The highest BCUT2D eigenvalue weighted by atomic mass is 19.4. The van der Waals surface area contributed by atoms with Crippen molar-refractivity contribution in [2.45, 2.75) is 143 Å². The molecule has 410 valence electrons. The quantitative estimate of drug-likeness (QED) is 0.178. The molecule has 0 aliphatic carbocycles. The van der Waals surface area contributed by atoms with Gasteiger partial charge in [0.2, 0.25) is 0 Å². The second-order valence-corrected chi connectivity index (χ2v) is 18.8. The van der Waals surface area contributed by atoms with E-state index in [1.165, 1.54) is 25.3 Å². The Labute approximate surface area is 401 Å². The molecule has 3 aromatic carbocycles. The van der Waals surface area contributed by atoms with Crippen molar-refractivity contribution >= 4 is 0 Å². The third-order valence-corrected chi connectivity index (χ3v) is 10.8. The zero-order valence-corrected chi connectivity index (χ0v) is 40.4. The van der Waals surface area contributed by atoms with Gasteiger partial charge in [-0.05, 0) is 48.9 Å². The van der Waals surface area contributed by atoms with Gasteiger partial charge in [0.05, 0.1) is 45.7 Å². The first-order valence-corrected chi connectivity index (χ1v) is 20.5. The summed E-state index contributed by atoms with van der Waals surface area (Å²) in [5, 5.41) is 8.84. The molecule has 0 aliphatic heterocycles. The lowest BCUT2D eigenvalue weighted by Gasteiger charge is -2.46. The van der Waals surface area contributed by atoms with Crippen LogP contribution in [0.3, 0.4) is 0 Å². The number of nitrogens with zero attached hydrogens (tertiary/aromatic N) is 1. The SMILES string of the molecule is CC(C)(C)C(OCc1c(F)cccc1C#N)(C(F)(F)F)C(F)(F)F.COc1cc(C)ccc1COC(C(C)(C)C)(C(F)(F)F)C(F)(F)F.COc1ccc(F)cc1COC(C(C)(C)C)(C(F)(F)F)C(F)(F)F. The van der Waals surface area contributed by atoms with Gasteiger partial charge in [0.1, 0.15) is 23.1 Å². The molecule has 0 saturated heterocycles. The molecule has 3 aromatic rings. The van der Waals surface area contributed by atoms with Gasteiger partial charge in [0.15, 0.2) is 0 Å². The fourth-order valence-electron chi connectivity index (χ4n) is 7.37. The number of ether oxygens (including phenoxy) is 5. The lowest BCUT2D eigenvalue weighted by molar-refractivity contribution is -0.413. The molecule has 0 amide bonds. The molecule has 0 unspecified atom stereocenters. The highest BCUT2D eigenvalue weighted by Crippen LogP contribution is 2.58. The van der Waals surface area contributed by atoms with E-state index in [1.807, 2.05) is 0 Å². The minimum atomic E-state index is -5.80. The Bertz CT molecular complexity index is 2180. The number of methoxy groups -OCH3 is 2. The average Bonchev–Trinajstić information content (AvgIpc) is 3.15. The summed E-state index contributed by atoms with van der Waals surface area (Å²) in [5.74, 6) is -1.87. The molecule has 0 bridgehead atoms. The van der Waals surface area contributed by atoms with Gasteiger partial charge in [-0.15, -0.1) is 0 Å². The highest BCUT2D eigenvalue weighted by Gasteiger charge is 2.79. The topological polar surface area (TPSA) is 69.9 Å². The number of halogens is 20. The summed E-state index contributed by atoms with van der Waals surface area (Å²) in [5.41, 5.74) is -20.8. The molecule has 0 fully saturated rings. The van der Waals surface area contributed by atoms with E-state index in [0.717, 1.165) is 111 Å². The van der Waals surface area contributed by atoms with E-state index in [1.54, 1.807) is 13.0 Å². The molecular weight excluding hydrogens is 1030 g/mol. The fraction of sp³-hybridized carbons (Fsp3) is 0.587. The van der Waals surface area contributed by atoms with Crippen LogP contribution >= 0.6 is 0 Å². The smallest absolute Gasteiger partial charge is 0.427 e. The van der Waals surface area contributed by atoms with Gasteiger partial charge >= 0.3 is 37.1 Å². The number of hydrogen-bond acceptors (Lipinski definition) is 6. The molecule has 72 heavy (non-hydrogen) atoms. The molecule has 0 atom stereocenters. The number of hydrogen-bond donors (Lipinski definition) is 0. The van der Waals surface area contributed by atoms with Gasteiger partial charge in [-0.25, -0.2) is 8.78 Å². The minimum absolute atomic E-state index is 0.0800. The summed E-state index contributed by atoms with van der Waals surface area (Å²) >= 11 is 0. The Morgan fingerprint density at radius 3 is 1.14 bits per heavy atom. The van der Waals surface area contributed by atoms with Crippen molar-refractivity contribution in [2.24, 2.45) is 16.2 Å². The maximum atomic E-state index is 13.7. The van der Waals surface area contributed by atoms with Crippen LogP contribution in [-0.2, 0) is 34.0 Å². The van der Waals surface area contributed by atoms with Crippen molar-refractivity contribution in [2.75, 3.05) is 14.2 Å². The maximum Gasteiger partial charge on any atom is 0.427 e. The number of nitriles is 1. The first-order chi connectivity index (χ1) is 32.0. The summed E-state index contributed by atoms with van der Waals surface area (Å²) in [7, 11) is 2.43. The molecule has 26 heteroatoms. The molecule has 0 N–H and O–H groups in total. The Morgan fingerprint density at radius 2 is 0.806 bits per heavy atom. The van der Waals surface area contributed by atoms with E-state index in [9.17, 15) is 87.8 Å². The normalized spacial score (nSPS) is 13.9. The van der Waals surface area contributed by atoms with Crippen LogP contribution in [0, 0.1) is 46.1 Å². The van der Waals surface area contributed by atoms with Crippen LogP contribution in [0.25, 0.3) is 0 Å². The molecule has 0 radical (unpaired) electrons. The number of aryl methyl sites for hydroxylation is 1. The van der Waals surface area contributed by atoms with Gasteiger partial charge in [-0.1, -0.05) is 80.5 Å². The number of alkyl halides is 18. The summed E-state index contributed by atoms with van der Waals surface area (Å²) in [6.07, 6.45) is -34.3. The number of benzene rings is 3. The zero-order chi connectivity index (χ0) is 56.9. The number of rotatable bonds is 11. The largest absolute Gasteiger partial charge is 0.496 e. The second-order valence-electron chi connectivity index (χ2n) is 18.8. The summed E-state index contributed by atoms with van der Waals surface area (Å²) in [6, 6.07) is 11.8. The molecule has 6 nitrogen and oxygen atoms in total. The van der Waals surface area contributed by atoms with Crippen LogP contribution in [0.15, 0.2) is 54.6 Å². The standard InChI is InChI=1S/C16H20F6O2.C15H14F7NO.C15H17F7O2/c1-10-6-7-11(12(8-10)23-5)9-24-14(13(2,3)4,15(17,18)19)16(20,21)22;1-12(2,3)13(14(17,18)19,15(20,21)22)24-8-10-9(7-23)5-4-6-11(10)16;1-12(2,3)13(14(17,18)19,15(20,21)22)24-8-9-7-10(16)5-6-11(9)23-4/h6-8H,9H2,1-5H3;4-6H,8H2,1-3H3;5-7H,8H2,1-4H3. The van der Waals surface area contributed by atoms with Crippen molar-refractivity contribution in [3.05, 3.63) is 94.0 Å². The summed E-state index contributed by atoms with van der Waals surface area (Å²) in [6.45, 7) is 5.38. The predicted octanol–water partition coefficient (Wildman–Crippen LogP) is 15.8. The van der Waals surface area contributed by atoms with Crippen LogP contribution in [0.1, 0.15) is 90.1 Å². The van der Waals surface area contributed by atoms with E-state index < -0.39 is 113 Å². The van der Waals surface area contributed by atoms with Crippen LogP contribution in [0.4, 0.5) is 87.8 Å². The maximum absolute atomic E-state index is 13.7. The van der Waals surface area contributed by atoms with E-state index in [0.29, 0.717) is 0 Å². The summed E-state index contributed by atoms with van der Waals surface area (Å²) < 4.78 is 291. The van der Waals surface area contributed by atoms with Crippen molar-refractivity contribution in [1.29, 1.82) is 5.26 Å². The van der Waals surface area contributed by atoms with Crippen molar-refractivity contribution < 1.29 is 111 Å². The first-order valence-electron chi connectivity index (χ1n) is 20.5. The van der Waals surface area contributed by atoms with Crippen LogP contribution in [0.2, 0.25) is 0 Å². The molecule has 0 aromatic heterocycles. The Balaban J connectivity index is 0.000000540. The average molecular weight is 1080 g/mol. The predicted molar refractivity (Wildman–Crippen MR) is 219 cm³/mol. The minimum Gasteiger partial charge on any atom is -0.496 e. The van der Waals surface area contributed by atoms with Gasteiger partial charge < -0.3 is 23.7 Å². The van der Waals surface area contributed by atoms with Gasteiger partial charge in [-0.2, -0.15) is 84.3 Å². The molecule has 0 heterocycles. The van der Waals surface area contributed by atoms with E-state index in [4.69, 9.17) is 14.7 Å². The molecular formula is C46H51F20NO5. The van der Waals surface area contributed by atoms with Crippen molar-refractivity contribution in [1.82, 2.24) is 0 Å².